The molecule has 0 aromatic carbocycles. The number of carbonyl (C=O) groups is 2. The average molecular weight is 243 g/mol. The van der Waals surface area contributed by atoms with Gasteiger partial charge < -0.3 is 16.4 Å². The van der Waals surface area contributed by atoms with E-state index in [1.165, 1.54) is 0 Å². The van der Waals surface area contributed by atoms with Crippen molar-refractivity contribution >= 4 is 11.8 Å². The summed E-state index contributed by atoms with van der Waals surface area (Å²) in [6, 6.07) is 0.00475. The van der Waals surface area contributed by atoms with Gasteiger partial charge in [-0.15, -0.1) is 0 Å². The van der Waals surface area contributed by atoms with E-state index in [0.717, 1.165) is 6.42 Å². The lowest BCUT2D eigenvalue weighted by molar-refractivity contribution is -0.125. The van der Waals surface area contributed by atoms with Crippen LogP contribution in [0.1, 0.15) is 40.5 Å². The molecule has 0 saturated carbocycles. The second-order valence-corrected chi connectivity index (χ2v) is 4.57. The SMILES string of the molecule is CCC(C)NC(=O)CCNC(=O)C(C)C(C)N. The van der Waals surface area contributed by atoms with E-state index in [2.05, 4.69) is 10.6 Å². The summed E-state index contributed by atoms with van der Waals surface area (Å²) in [4.78, 5) is 22.9. The molecule has 5 nitrogen and oxygen atoms in total. The van der Waals surface area contributed by atoms with Gasteiger partial charge in [0, 0.05) is 31.0 Å². The minimum absolute atomic E-state index is 0.0342. The van der Waals surface area contributed by atoms with Crippen molar-refractivity contribution in [1.29, 1.82) is 0 Å². The molecule has 0 aliphatic carbocycles. The number of hydrogen-bond acceptors (Lipinski definition) is 3. The average Bonchev–Trinajstić information content (AvgIpc) is 2.27. The van der Waals surface area contributed by atoms with Crippen LogP contribution in [0.5, 0.6) is 0 Å². The van der Waals surface area contributed by atoms with E-state index in [1.54, 1.807) is 13.8 Å². The third kappa shape index (κ3) is 6.94. The Balaban J connectivity index is 3.77. The predicted octanol–water partition coefficient (Wildman–Crippen LogP) is 0.391. The van der Waals surface area contributed by atoms with Crippen molar-refractivity contribution in [2.75, 3.05) is 6.54 Å². The Kier molecular flexibility index (Phi) is 7.54. The van der Waals surface area contributed by atoms with Gasteiger partial charge in [0.05, 0.1) is 0 Å². The van der Waals surface area contributed by atoms with Crippen LogP contribution in [-0.4, -0.2) is 30.4 Å². The molecule has 0 spiro atoms. The molecular weight excluding hydrogens is 218 g/mol. The van der Waals surface area contributed by atoms with Gasteiger partial charge in [-0.1, -0.05) is 13.8 Å². The molecule has 0 aliphatic heterocycles. The summed E-state index contributed by atoms with van der Waals surface area (Å²) in [6.45, 7) is 7.89. The minimum Gasteiger partial charge on any atom is -0.355 e. The normalized spacial score (nSPS) is 15.8. The van der Waals surface area contributed by atoms with Crippen molar-refractivity contribution in [2.24, 2.45) is 11.7 Å². The lowest BCUT2D eigenvalue weighted by atomic mass is 10.0. The Morgan fingerprint density at radius 3 is 2.29 bits per heavy atom. The molecule has 0 bridgehead atoms. The molecule has 0 aliphatic rings. The van der Waals surface area contributed by atoms with E-state index in [0.29, 0.717) is 13.0 Å². The van der Waals surface area contributed by atoms with Gasteiger partial charge in [0.2, 0.25) is 11.8 Å². The molecule has 0 fully saturated rings. The summed E-state index contributed by atoms with van der Waals surface area (Å²) in [5, 5.41) is 5.55. The molecule has 5 heteroatoms. The van der Waals surface area contributed by atoms with Crippen LogP contribution in [0.2, 0.25) is 0 Å². The zero-order valence-electron chi connectivity index (χ0n) is 11.2. The Hall–Kier alpha value is -1.10. The van der Waals surface area contributed by atoms with Crippen LogP contribution in [0.3, 0.4) is 0 Å². The Morgan fingerprint density at radius 2 is 1.82 bits per heavy atom. The van der Waals surface area contributed by atoms with Gasteiger partial charge in [-0.2, -0.15) is 0 Å². The van der Waals surface area contributed by atoms with Crippen LogP contribution in [0.4, 0.5) is 0 Å². The summed E-state index contributed by atoms with van der Waals surface area (Å²) in [5.74, 6) is -0.364. The van der Waals surface area contributed by atoms with Crippen LogP contribution in [0, 0.1) is 5.92 Å². The summed E-state index contributed by atoms with van der Waals surface area (Å²) in [7, 11) is 0. The first kappa shape index (κ1) is 15.9. The van der Waals surface area contributed by atoms with Gasteiger partial charge in [-0.25, -0.2) is 0 Å². The van der Waals surface area contributed by atoms with Crippen molar-refractivity contribution in [3.8, 4) is 0 Å². The van der Waals surface area contributed by atoms with E-state index in [-0.39, 0.29) is 29.8 Å². The lowest BCUT2D eigenvalue weighted by Gasteiger charge is -2.15. The molecule has 0 aromatic rings. The molecule has 0 saturated heterocycles. The quantitative estimate of drug-likeness (QED) is 0.605. The maximum Gasteiger partial charge on any atom is 0.224 e. The van der Waals surface area contributed by atoms with Gasteiger partial charge in [0.15, 0.2) is 0 Å². The van der Waals surface area contributed by atoms with Gasteiger partial charge >= 0.3 is 0 Å². The monoisotopic (exact) mass is 243 g/mol. The van der Waals surface area contributed by atoms with Gasteiger partial charge in [0.25, 0.3) is 0 Å². The molecule has 17 heavy (non-hydrogen) atoms. The molecule has 0 aromatic heterocycles. The molecule has 3 unspecified atom stereocenters. The molecule has 0 radical (unpaired) electrons. The van der Waals surface area contributed by atoms with Crippen LogP contribution in [0.25, 0.3) is 0 Å². The summed E-state index contributed by atoms with van der Waals surface area (Å²) >= 11 is 0. The largest absolute Gasteiger partial charge is 0.355 e. The zero-order valence-corrected chi connectivity index (χ0v) is 11.2. The van der Waals surface area contributed by atoms with Crippen LogP contribution in [0.15, 0.2) is 0 Å². The number of nitrogens with one attached hydrogen (secondary N) is 2. The molecule has 4 N–H and O–H groups in total. The highest BCUT2D eigenvalue weighted by atomic mass is 16.2. The fraction of sp³-hybridized carbons (Fsp3) is 0.833. The number of hydrogen-bond donors (Lipinski definition) is 3. The van der Waals surface area contributed by atoms with Crippen LogP contribution in [-0.2, 0) is 9.59 Å². The third-order valence-corrected chi connectivity index (χ3v) is 2.87. The van der Waals surface area contributed by atoms with Crippen molar-refractivity contribution in [3.63, 3.8) is 0 Å². The standard InChI is InChI=1S/C12H25N3O2/c1-5-8(2)15-11(16)6-7-14-12(17)9(3)10(4)13/h8-10H,5-7,13H2,1-4H3,(H,14,17)(H,15,16). The number of rotatable bonds is 7. The smallest absolute Gasteiger partial charge is 0.224 e. The second kappa shape index (κ2) is 8.06. The number of carbonyl (C=O) groups excluding carboxylic acids is 2. The zero-order chi connectivity index (χ0) is 13.4. The Labute approximate surface area is 104 Å². The Bertz CT molecular complexity index is 254. The second-order valence-electron chi connectivity index (χ2n) is 4.57. The first-order valence-electron chi connectivity index (χ1n) is 6.21. The molecule has 2 amide bonds. The van der Waals surface area contributed by atoms with E-state index >= 15 is 0 Å². The highest BCUT2D eigenvalue weighted by Gasteiger charge is 2.16. The number of amides is 2. The molecule has 3 atom stereocenters. The van der Waals surface area contributed by atoms with Crippen molar-refractivity contribution in [3.05, 3.63) is 0 Å². The summed E-state index contributed by atoms with van der Waals surface area (Å²) < 4.78 is 0. The van der Waals surface area contributed by atoms with Crippen molar-refractivity contribution in [2.45, 2.75) is 52.6 Å². The van der Waals surface area contributed by atoms with Crippen molar-refractivity contribution in [1.82, 2.24) is 10.6 Å². The van der Waals surface area contributed by atoms with E-state index in [9.17, 15) is 9.59 Å². The fourth-order valence-corrected chi connectivity index (χ4v) is 1.15. The van der Waals surface area contributed by atoms with E-state index < -0.39 is 0 Å². The first-order chi connectivity index (χ1) is 7.88. The molecule has 100 valence electrons. The molecular formula is C12H25N3O2. The number of nitrogens with two attached hydrogens (primary N) is 1. The fourth-order valence-electron chi connectivity index (χ4n) is 1.15. The van der Waals surface area contributed by atoms with Gasteiger partial charge in [-0.3, -0.25) is 9.59 Å². The van der Waals surface area contributed by atoms with E-state index in [1.807, 2.05) is 13.8 Å². The molecule has 0 heterocycles. The van der Waals surface area contributed by atoms with Gasteiger partial charge in [-0.05, 0) is 20.3 Å². The van der Waals surface area contributed by atoms with Crippen LogP contribution >= 0.6 is 0 Å². The first-order valence-corrected chi connectivity index (χ1v) is 6.21. The molecule has 0 rings (SSSR count). The Morgan fingerprint density at radius 1 is 1.24 bits per heavy atom. The topological polar surface area (TPSA) is 84.2 Å². The maximum absolute atomic E-state index is 11.5. The van der Waals surface area contributed by atoms with Gasteiger partial charge in [0.1, 0.15) is 0 Å². The highest BCUT2D eigenvalue weighted by Crippen LogP contribution is 1.99. The van der Waals surface area contributed by atoms with E-state index in [4.69, 9.17) is 5.73 Å². The third-order valence-electron chi connectivity index (χ3n) is 2.87. The minimum atomic E-state index is -0.229. The van der Waals surface area contributed by atoms with Crippen molar-refractivity contribution < 1.29 is 9.59 Å². The predicted molar refractivity (Wildman–Crippen MR) is 68.3 cm³/mol. The highest BCUT2D eigenvalue weighted by molar-refractivity contribution is 5.80. The van der Waals surface area contributed by atoms with Crippen LogP contribution < -0.4 is 16.4 Å². The lowest BCUT2D eigenvalue weighted by Crippen LogP contribution is -2.40. The summed E-state index contributed by atoms with van der Waals surface area (Å²) in [6.07, 6.45) is 1.21. The maximum atomic E-state index is 11.5. The summed E-state index contributed by atoms with van der Waals surface area (Å²) in [5.41, 5.74) is 5.61.